The molecular weight excluding hydrogens is 438 g/mol. The average molecular weight is 474 g/mol. The Labute approximate surface area is 207 Å². The van der Waals surface area contributed by atoms with E-state index in [4.69, 9.17) is 10.7 Å². The lowest BCUT2D eigenvalue weighted by atomic mass is 9.94. The van der Waals surface area contributed by atoms with Crippen molar-refractivity contribution in [2.45, 2.75) is 44.7 Å². The van der Waals surface area contributed by atoms with Crippen LogP contribution in [0.3, 0.4) is 0 Å². The molecule has 3 aliphatic rings. The average Bonchev–Trinajstić information content (AvgIpc) is 3.45. The predicted octanol–water partition coefficient (Wildman–Crippen LogP) is 3.25. The van der Waals surface area contributed by atoms with Gasteiger partial charge in [0.2, 0.25) is 0 Å². The monoisotopic (exact) mass is 473 g/mol. The number of rotatable bonds is 3. The van der Waals surface area contributed by atoms with E-state index in [1.807, 2.05) is 48.2 Å². The molecule has 1 aromatic heterocycles. The third kappa shape index (κ3) is 4.38. The Hall–Kier alpha value is -3.39. The van der Waals surface area contributed by atoms with Gasteiger partial charge in [-0.15, -0.1) is 0 Å². The molecule has 2 fully saturated rings. The van der Waals surface area contributed by atoms with Crippen LogP contribution in [0.5, 0.6) is 0 Å². The predicted molar refractivity (Wildman–Crippen MR) is 140 cm³/mol. The molecule has 2 saturated heterocycles. The molecule has 2 N–H and O–H groups in total. The third-order valence-corrected chi connectivity index (χ3v) is 7.37. The zero-order valence-electron chi connectivity index (χ0n) is 20.9. The molecule has 0 saturated carbocycles. The molecule has 0 bridgehead atoms. The Morgan fingerprint density at radius 3 is 2.80 bits per heavy atom. The number of likely N-dealkylation sites (tertiary alicyclic amines) is 2. The van der Waals surface area contributed by atoms with Gasteiger partial charge in [0.25, 0.3) is 5.91 Å². The van der Waals surface area contributed by atoms with Crippen molar-refractivity contribution in [3.63, 3.8) is 0 Å². The van der Waals surface area contributed by atoms with Crippen molar-refractivity contribution in [3.05, 3.63) is 65.8 Å². The van der Waals surface area contributed by atoms with E-state index in [0.717, 1.165) is 79.0 Å². The van der Waals surface area contributed by atoms with Crippen molar-refractivity contribution in [2.24, 2.45) is 17.8 Å². The molecule has 5 rings (SSSR count). The van der Waals surface area contributed by atoms with Gasteiger partial charge in [-0.1, -0.05) is 12.6 Å². The number of amidine groups is 1. The zero-order chi connectivity index (χ0) is 24.7. The highest BCUT2D eigenvalue weighted by Gasteiger charge is 2.31. The molecule has 2 unspecified atom stereocenters. The van der Waals surface area contributed by atoms with Crippen LogP contribution in [-0.2, 0) is 7.05 Å². The Morgan fingerprint density at radius 2 is 2.03 bits per heavy atom. The number of benzene rings is 1. The molecule has 8 nitrogen and oxygen atoms in total. The lowest BCUT2D eigenvalue weighted by molar-refractivity contribution is 0.0658. The second kappa shape index (κ2) is 9.34. The van der Waals surface area contributed by atoms with Crippen molar-refractivity contribution in [1.82, 2.24) is 24.5 Å². The number of fused-ring (bicyclic) bond motifs is 1. The van der Waals surface area contributed by atoms with E-state index in [1.165, 1.54) is 0 Å². The van der Waals surface area contributed by atoms with E-state index in [0.29, 0.717) is 5.56 Å². The second-order valence-electron chi connectivity index (χ2n) is 9.95. The first-order valence-electron chi connectivity index (χ1n) is 12.5. The summed E-state index contributed by atoms with van der Waals surface area (Å²) in [5, 5.41) is 5.24. The number of piperidine rings is 1. The standard InChI is InChI=1S/C27H35N7O/c1-18(14-25-30-26(19(2)16-31(25)3)33-13-11-20(28)17-33)23-9-5-6-12-34(23)27(35)21-8-7-10-24-22(21)15-29-32(24)4/h7-8,10,14-16,20,23H,1,5-6,9,11-13,17,28H2,2-4H3/b25-14-. The number of nitrogens with two attached hydrogens (primary N) is 1. The Kier molecular flexibility index (Phi) is 6.23. The minimum atomic E-state index is -0.0602. The van der Waals surface area contributed by atoms with Crippen molar-refractivity contribution < 1.29 is 4.79 Å². The fourth-order valence-electron chi connectivity index (χ4n) is 5.46. The molecule has 2 aromatic rings. The van der Waals surface area contributed by atoms with Crippen LogP contribution in [0.4, 0.5) is 0 Å². The maximum atomic E-state index is 13.8. The highest BCUT2D eigenvalue weighted by Crippen LogP contribution is 2.29. The number of hydrogen-bond acceptors (Lipinski definition) is 6. The number of carbonyl (C=O) groups is 1. The van der Waals surface area contributed by atoms with E-state index in [9.17, 15) is 4.79 Å². The zero-order valence-corrected chi connectivity index (χ0v) is 20.9. The molecule has 1 amide bonds. The summed E-state index contributed by atoms with van der Waals surface area (Å²) in [6, 6.07) is 5.96. The van der Waals surface area contributed by atoms with Gasteiger partial charge in [0.05, 0.1) is 23.3 Å². The lowest BCUT2D eigenvalue weighted by Gasteiger charge is -2.37. The maximum absolute atomic E-state index is 13.8. The van der Waals surface area contributed by atoms with E-state index in [2.05, 4.69) is 29.7 Å². The molecule has 8 heteroatoms. The van der Waals surface area contributed by atoms with Crippen molar-refractivity contribution in [1.29, 1.82) is 0 Å². The molecule has 0 radical (unpaired) electrons. The number of nitrogens with zero attached hydrogens (tertiary/aromatic N) is 6. The minimum absolute atomic E-state index is 0.0378. The van der Waals surface area contributed by atoms with Gasteiger partial charge in [0.1, 0.15) is 11.7 Å². The summed E-state index contributed by atoms with van der Waals surface area (Å²) in [7, 11) is 3.90. The number of aryl methyl sites for hydroxylation is 1. The van der Waals surface area contributed by atoms with Crippen LogP contribution in [0, 0.1) is 0 Å². The van der Waals surface area contributed by atoms with Crippen molar-refractivity contribution in [2.75, 3.05) is 26.7 Å². The second-order valence-corrected chi connectivity index (χ2v) is 9.95. The number of amides is 1. The molecule has 3 aliphatic heterocycles. The summed E-state index contributed by atoms with van der Waals surface area (Å²) in [6.07, 6.45) is 9.88. The van der Waals surface area contributed by atoms with Gasteiger partial charge in [-0.2, -0.15) is 5.10 Å². The van der Waals surface area contributed by atoms with Crippen LogP contribution in [0.25, 0.3) is 10.9 Å². The molecule has 1 aromatic carbocycles. The van der Waals surface area contributed by atoms with Crippen LogP contribution in [0.15, 0.2) is 65.2 Å². The first-order chi connectivity index (χ1) is 16.8. The van der Waals surface area contributed by atoms with Crippen LogP contribution < -0.4 is 5.73 Å². The fourth-order valence-corrected chi connectivity index (χ4v) is 5.46. The molecule has 35 heavy (non-hydrogen) atoms. The highest BCUT2D eigenvalue weighted by atomic mass is 16.2. The normalized spacial score (nSPS) is 24.2. The molecular formula is C27H35N7O. The van der Waals surface area contributed by atoms with Gasteiger partial charge in [0.15, 0.2) is 0 Å². The van der Waals surface area contributed by atoms with Crippen LogP contribution in [-0.4, -0.2) is 75.0 Å². The van der Waals surface area contributed by atoms with Gasteiger partial charge in [-0.25, -0.2) is 4.99 Å². The fraction of sp³-hybridized carbons (Fsp3) is 0.444. The summed E-state index contributed by atoms with van der Waals surface area (Å²) >= 11 is 0. The Morgan fingerprint density at radius 1 is 1.20 bits per heavy atom. The molecule has 2 atom stereocenters. The van der Waals surface area contributed by atoms with Gasteiger partial charge in [0, 0.05) is 56.9 Å². The third-order valence-electron chi connectivity index (χ3n) is 7.37. The van der Waals surface area contributed by atoms with Gasteiger partial charge in [-0.05, 0) is 56.4 Å². The highest BCUT2D eigenvalue weighted by molar-refractivity contribution is 6.06. The Balaban J connectivity index is 1.42. The summed E-state index contributed by atoms with van der Waals surface area (Å²) in [6.45, 7) is 8.98. The van der Waals surface area contributed by atoms with E-state index >= 15 is 0 Å². The smallest absolute Gasteiger partial charge is 0.255 e. The first-order valence-corrected chi connectivity index (χ1v) is 12.5. The van der Waals surface area contributed by atoms with Gasteiger partial charge < -0.3 is 20.4 Å². The largest absolute Gasteiger partial charge is 0.355 e. The molecule has 184 valence electrons. The van der Waals surface area contributed by atoms with Crippen LogP contribution in [0.2, 0.25) is 0 Å². The molecule has 0 aliphatic carbocycles. The van der Waals surface area contributed by atoms with E-state index in [-0.39, 0.29) is 18.0 Å². The molecule has 4 heterocycles. The topological polar surface area (TPSA) is 83.0 Å². The lowest BCUT2D eigenvalue weighted by Crippen LogP contribution is -2.44. The van der Waals surface area contributed by atoms with Crippen molar-refractivity contribution in [3.8, 4) is 0 Å². The summed E-state index contributed by atoms with van der Waals surface area (Å²) in [4.78, 5) is 25.0. The minimum Gasteiger partial charge on any atom is -0.355 e. The number of aromatic nitrogens is 2. The number of hydrogen-bond donors (Lipinski definition) is 1. The summed E-state index contributed by atoms with van der Waals surface area (Å²) in [5.41, 5.74) is 9.84. The molecule has 0 spiro atoms. The van der Waals surface area contributed by atoms with Gasteiger partial charge >= 0.3 is 0 Å². The number of aliphatic imine (C=N–C) groups is 1. The van der Waals surface area contributed by atoms with E-state index < -0.39 is 0 Å². The van der Waals surface area contributed by atoms with E-state index in [1.54, 1.807) is 10.9 Å². The van der Waals surface area contributed by atoms with Crippen LogP contribution in [0.1, 0.15) is 43.0 Å². The van der Waals surface area contributed by atoms with Crippen molar-refractivity contribution >= 4 is 22.6 Å². The summed E-state index contributed by atoms with van der Waals surface area (Å²) in [5.74, 6) is 1.86. The summed E-state index contributed by atoms with van der Waals surface area (Å²) < 4.78 is 1.81. The van der Waals surface area contributed by atoms with Gasteiger partial charge in [-0.3, -0.25) is 9.48 Å². The quantitative estimate of drug-likeness (QED) is 0.740. The SMILES string of the molecule is C=C(/C=C1/N=C(N2CCC(N)C2)C(C)=CN1C)C1CCCCN1C(=O)c1cccc2c1cnn2C. The number of carbonyl (C=O) groups excluding carboxylic acids is 1. The van der Waals surface area contributed by atoms with Crippen LogP contribution >= 0.6 is 0 Å². The first kappa shape index (κ1) is 23.4. The Bertz CT molecular complexity index is 1250. The maximum Gasteiger partial charge on any atom is 0.255 e.